The van der Waals surface area contributed by atoms with E-state index in [-0.39, 0.29) is 31.3 Å². The Hall–Kier alpha value is -1.43. The van der Waals surface area contributed by atoms with Gasteiger partial charge >= 0.3 is 0 Å². The van der Waals surface area contributed by atoms with Crippen LogP contribution >= 0.6 is 0 Å². The molecular weight excluding hydrogens is 268 g/mol. The van der Waals surface area contributed by atoms with E-state index in [0.29, 0.717) is 6.42 Å². The van der Waals surface area contributed by atoms with Crippen LogP contribution in [0.3, 0.4) is 0 Å². The molecular formula is C16H24N2O3. The summed E-state index contributed by atoms with van der Waals surface area (Å²) < 4.78 is 5.61. The van der Waals surface area contributed by atoms with E-state index in [1.807, 2.05) is 30.3 Å². The molecule has 5 nitrogen and oxygen atoms in total. The van der Waals surface area contributed by atoms with Crippen molar-refractivity contribution in [2.75, 3.05) is 26.3 Å². The third-order valence-corrected chi connectivity index (χ3v) is 3.65. The van der Waals surface area contributed by atoms with Crippen molar-refractivity contribution in [1.29, 1.82) is 0 Å². The first-order chi connectivity index (χ1) is 10.3. The number of ether oxygens (including phenoxy) is 1. The monoisotopic (exact) mass is 292 g/mol. The number of aliphatic hydroxyl groups excluding tert-OH is 1. The Morgan fingerprint density at radius 3 is 2.71 bits per heavy atom. The molecule has 1 aromatic carbocycles. The Kier molecular flexibility index (Phi) is 6.66. The maximum absolute atomic E-state index is 11.9. The number of nitrogens with one attached hydrogen (secondary N) is 2. The van der Waals surface area contributed by atoms with Crippen LogP contribution in [0.5, 0.6) is 0 Å². The number of hydrogen-bond acceptors (Lipinski definition) is 4. The molecule has 1 aromatic rings. The van der Waals surface area contributed by atoms with Crippen LogP contribution in [0.15, 0.2) is 30.3 Å². The largest absolute Gasteiger partial charge is 0.394 e. The van der Waals surface area contributed by atoms with Gasteiger partial charge in [-0.05, 0) is 37.9 Å². The van der Waals surface area contributed by atoms with E-state index in [0.717, 1.165) is 31.5 Å². The van der Waals surface area contributed by atoms with Crippen LogP contribution in [0, 0.1) is 0 Å². The third-order valence-electron chi connectivity index (χ3n) is 3.65. The molecule has 0 bridgehead atoms. The lowest BCUT2D eigenvalue weighted by molar-refractivity contribution is -0.129. The fourth-order valence-electron chi connectivity index (χ4n) is 2.48. The number of aliphatic hydroxyl groups is 1. The summed E-state index contributed by atoms with van der Waals surface area (Å²) in [5, 5.41) is 15.5. The van der Waals surface area contributed by atoms with Crippen molar-refractivity contribution < 1.29 is 14.6 Å². The average Bonchev–Trinajstić information content (AvgIpc) is 2.54. The van der Waals surface area contributed by atoms with Crippen molar-refractivity contribution in [3.05, 3.63) is 35.9 Å². The van der Waals surface area contributed by atoms with Crippen molar-refractivity contribution in [2.24, 2.45) is 0 Å². The zero-order chi connectivity index (χ0) is 14.9. The second-order valence-corrected chi connectivity index (χ2v) is 5.40. The van der Waals surface area contributed by atoms with E-state index < -0.39 is 0 Å². The number of amides is 1. The van der Waals surface area contributed by atoms with Gasteiger partial charge in [0.2, 0.25) is 5.91 Å². The summed E-state index contributed by atoms with van der Waals surface area (Å²) in [7, 11) is 0. The Morgan fingerprint density at radius 1 is 1.33 bits per heavy atom. The van der Waals surface area contributed by atoms with Crippen LogP contribution in [0.1, 0.15) is 18.4 Å². The van der Waals surface area contributed by atoms with Crippen LogP contribution in [-0.2, 0) is 16.0 Å². The molecule has 1 fully saturated rings. The maximum atomic E-state index is 11.9. The van der Waals surface area contributed by atoms with E-state index in [1.54, 1.807) is 0 Å². The topological polar surface area (TPSA) is 70.6 Å². The van der Waals surface area contributed by atoms with Gasteiger partial charge in [0.1, 0.15) is 6.61 Å². The summed E-state index contributed by atoms with van der Waals surface area (Å²) in [6.07, 6.45) is 2.68. The first kappa shape index (κ1) is 15.9. The molecule has 116 valence electrons. The average molecular weight is 292 g/mol. The first-order valence-electron chi connectivity index (χ1n) is 7.54. The van der Waals surface area contributed by atoms with Crippen LogP contribution in [0.4, 0.5) is 0 Å². The highest BCUT2D eigenvalue weighted by atomic mass is 16.5. The molecule has 3 N–H and O–H groups in total. The number of carbonyl (C=O) groups is 1. The molecule has 0 radical (unpaired) electrons. The number of carbonyl (C=O) groups excluding carboxylic acids is 1. The van der Waals surface area contributed by atoms with E-state index in [9.17, 15) is 9.90 Å². The van der Waals surface area contributed by atoms with Crippen molar-refractivity contribution >= 4 is 5.91 Å². The lowest BCUT2D eigenvalue weighted by Gasteiger charge is -2.23. The fraction of sp³-hybridized carbons (Fsp3) is 0.562. The molecule has 1 saturated heterocycles. The van der Waals surface area contributed by atoms with Gasteiger partial charge in [-0.25, -0.2) is 0 Å². The van der Waals surface area contributed by atoms with Crippen LogP contribution in [0.25, 0.3) is 0 Å². The standard InChI is InChI=1S/C16H24N2O3/c19-11-14(10-13-4-2-1-3-5-13)18-16(20)12-21-15-6-8-17-9-7-15/h1-5,14-15,17,19H,6-12H2,(H,18,20). The molecule has 2 rings (SSSR count). The van der Waals surface area contributed by atoms with Crippen molar-refractivity contribution in [3.63, 3.8) is 0 Å². The second-order valence-electron chi connectivity index (χ2n) is 5.40. The zero-order valence-corrected chi connectivity index (χ0v) is 12.3. The van der Waals surface area contributed by atoms with Gasteiger partial charge in [-0.2, -0.15) is 0 Å². The molecule has 0 saturated carbocycles. The smallest absolute Gasteiger partial charge is 0.246 e. The van der Waals surface area contributed by atoms with E-state index in [4.69, 9.17) is 4.74 Å². The highest BCUT2D eigenvalue weighted by Gasteiger charge is 2.16. The minimum Gasteiger partial charge on any atom is -0.394 e. The molecule has 21 heavy (non-hydrogen) atoms. The summed E-state index contributed by atoms with van der Waals surface area (Å²) in [4.78, 5) is 11.9. The Morgan fingerprint density at radius 2 is 2.05 bits per heavy atom. The lowest BCUT2D eigenvalue weighted by atomic mass is 10.1. The molecule has 5 heteroatoms. The Bertz CT molecular complexity index is 419. The van der Waals surface area contributed by atoms with Crippen molar-refractivity contribution in [3.8, 4) is 0 Å². The minimum atomic E-state index is -0.267. The highest BCUT2D eigenvalue weighted by Crippen LogP contribution is 2.07. The van der Waals surface area contributed by atoms with Crippen LogP contribution in [0.2, 0.25) is 0 Å². The van der Waals surface area contributed by atoms with Gasteiger partial charge in [0.05, 0.1) is 18.8 Å². The predicted octanol–water partition coefficient (Wildman–Crippen LogP) is 0.475. The van der Waals surface area contributed by atoms with Crippen molar-refractivity contribution in [2.45, 2.75) is 31.4 Å². The van der Waals surface area contributed by atoms with Gasteiger partial charge in [-0.1, -0.05) is 30.3 Å². The number of piperidine rings is 1. The fourth-order valence-corrected chi connectivity index (χ4v) is 2.48. The normalized spacial score (nSPS) is 17.4. The molecule has 1 amide bonds. The summed E-state index contributed by atoms with van der Waals surface area (Å²) in [6, 6.07) is 9.55. The van der Waals surface area contributed by atoms with Crippen LogP contribution in [-0.4, -0.2) is 49.5 Å². The molecule has 0 spiro atoms. The quantitative estimate of drug-likeness (QED) is 0.683. The van der Waals surface area contributed by atoms with Gasteiger partial charge in [0.15, 0.2) is 0 Å². The van der Waals surface area contributed by atoms with Gasteiger partial charge in [0.25, 0.3) is 0 Å². The molecule has 1 atom stereocenters. The van der Waals surface area contributed by atoms with Crippen molar-refractivity contribution in [1.82, 2.24) is 10.6 Å². The molecule has 0 aromatic heterocycles. The Balaban J connectivity index is 1.71. The summed E-state index contributed by atoms with van der Waals surface area (Å²) >= 11 is 0. The van der Waals surface area contributed by atoms with E-state index >= 15 is 0 Å². The Labute approximate surface area is 125 Å². The van der Waals surface area contributed by atoms with Gasteiger partial charge in [-0.15, -0.1) is 0 Å². The summed E-state index contributed by atoms with van der Waals surface area (Å²) in [5.74, 6) is -0.163. The molecule has 1 unspecified atom stereocenters. The minimum absolute atomic E-state index is 0.0654. The highest BCUT2D eigenvalue weighted by molar-refractivity contribution is 5.77. The van der Waals surface area contributed by atoms with E-state index in [1.165, 1.54) is 0 Å². The summed E-state index contributed by atoms with van der Waals surface area (Å²) in [5.41, 5.74) is 1.09. The SMILES string of the molecule is O=C(COC1CCNCC1)NC(CO)Cc1ccccc1. The van der Waals surface area contributed by atoms with E-state index in [2.05, 4.69) is 10.6 Å². The molecule has 1 aliphatic rings. The molecule has 1 aliphatic heterocycles. The van der Waals surface area contributed by atoms with Gasteiger partial charge in [0, 0.05) is 0 Å². The number of benzene rings is 1. The lowest BCUT2D eigenvalue weighted by Crippen LogP contribution is -2.42. The van der Waals surface area contributed by atoms with Gasteiger partial charge in [-0.3, -0.25) is 4.79 Å². The molecule has 0 aliphatic carbocycles. The maximum Gasteiger partial charge on any atom is 0.246 e. The van der Waals surface area contributed by atoms with Gasteiger partial charge < -0.3 is 20.5 Å². The first-order valence-corrected chi connectivity index (χ1v) is 7.54. The van der Waals surface area contributed by atoms with Crippen LogP contribution < -0.4 is 10.6 Å². The number of hydrogen-bond donors (Lipinski definition) is 3. The second kappa shape index (κ2) is 8.77. The number of rotatable bonds is 7. The molecule has 1 heterocycles. The zero-order valence-electron chi connectivity index (χ0n) is 12.3. The predicted molar refractivity (Wildman–Crippen MR) is 81.0 cm³/mol. The summed E-state index contributed by atoms with van der Waals surface area (Å²) in [6.45, 7) is 1.88. The third kappa shape index (κ3) is 5.83.